The molecule has 0 aliphatic carbocycles. The van der Waals surface area contributed by atoms with Crippen molar-refractivity contribution in [2.24, 2.45) is 0 Å². The van der Waals surface area contributed by atoms with Gasteiger partial charge in [0.05, 0.1) is 0 Å². The van der Waals surface area contributed by atoms with Crippen LogP contribution in [0.25, 0.3) is 6.08 Å². The molecule has 1 atom stereocenters. The Labute approximate surface area is 175 Å². The first-order valence-electron chi connectivity index (χ1n) is 10.6. The standard InChI is InChI=1S/C26H33NS/c1-5-7-25(16-11-21-9-12-22(13-10-21)19(2)3)27-20(4)24-15-14-23-8-6-17-28-26(23)18-24/h7,9-16,18-20,27H,5-6,8,17H2,1-4H3/b16-11+,25-7+. The van der Waals surface area contributed by atoms with Gasteiger partial charge < -0.3 is 5.32 Å². The van der Waals surface area contributed by atoms with Crippen LogP contribution in [0.15, 0.2) is 65.2 Å². The van der Waals surface area contributed by atoms with Gasteiger partial charge in [-0.25, -0.2) is 0 Å². The predicted molar refractivity (Wildman–Crippen MR) is 125 cm³/mol. The van der Waals surface area contributed by atoms with Gasteiger partial charge in [0.1, 0.15) is 0 Å². The molecule has 1 nitrogen and oxygen atoms in total. The van der Waals surface area contributed by atoms with Crippen LogP contribution < -0.4 is 5.32 Å². The molecule has 1 aliphatic rings. The number of fused-ring (bicyclic) bond motifs is 1. The van der Waals surface area contributed by atoms with Crippen LogP contribution in [0.1, 0.15) is 74.8 Å². The van der Waals surface area contributed by atoms with Gasteiger partial charge in [0.2, 0.25) is 0 Å². The van der Waals surface area contributed by atoms with E-state index in [1.165, 1.54) is 51.4 Å². The van der Waals surface area contributed by atoms with E-state index < -0.39 is 0 Å². The molecule has 2 aromatic rings. The molecular weight excluding hydrogens is 358 g/mol. The first-order chi connectivity index (χ1) is 13.6. The van der Waals surface area contributed by atoms with Gasteiger partial charge in [-0.1, -0.05) is 69.3 Å². The van der Waals surface area contributed by atoms with E-state index in [4.69, 9.17) is 0 Å². The normalized spacial score (nSPS) is 15.7. The summed E-state index contributed by atoms with van der Waals surface area (Å²) in [6.45, 7) is 8.91. The molecule has 1 unspecified atom stereocenters. The number of aryl methyl sites for hydroxylation is 1. The van der Waals surface area contributed by atoms with Crippen molar-refractivity contribution in [3.05, 3.63) is 82.6 Å². The Balaban J connectivity index is 1.69. The molecule has 0 saturated heterocycles. The average molecular weight is 392 g/mol. The minimum Gasteiger partial charge on any atom is -0.379 e. The zero-order valence-electron chi connectivity index (χ0n) is 17.7. The fraction of sp³-hybridized carbons (Fsp3) is 0.385. The van der Waals surface area contributed by atoms with E-state index in [9.17, 15) is 0 Å². The summed E-state index contributed by atoms with van der Waals surface area (Å²) in [5, 5.41) is 3.71. The summed E-state index contributed by atoms with van der Waals surface area (Å²) in [6, 6.07) is 16.2. The molecule has 2 aromatic carbocycles. The van der Waals surface area contributed by atoms with E-state index in [2.05, 4.69) is 93.7 Å². The number of nitrogens with one attached hydrogen (secondary N) is 1. The topological polar surface area (TPSA) is 12.0 Å². The molecule has 148 valence electrons. The monoisotopic (exact) mass is 391 g/mol. The first kappa shape index (κ1) is 20.8. The molecule has 2 heteroatoms. The molecule has 3 rings (SSSR count). The highest BCUT2D eigenvalue weighted by atomic mass is 32.2. The van der Waals surface area contributed by atoms with Gasteiger partial charge in [0, 0.05) is 16.6 Å². The minimum atomic E-state index is 0.290. The number of allylic oxidation sites excluding steroid dienone is 2. The van der Waals surface area contributed by atoms with Crippen LogP contribution in [-0.2, 0) is 6.42 Å². The van der Waals surface area contributed by atoms with Crippen molar-refractivity contribution in [2.45, 2.75) is 63.8 Å². The smallest absolute Gasteiger partial charge is 0.0485 e. The second kappa shape index (κ2) is 10.0. The predicted octanol–water partition coefficient (Wildman–Crippen LogP) is 7.51. The van der Waals surface area contributed by atoms with Crippen LogP contribution in [0.4, 0.5) is 0 Å². The van der Waals surface area contributed by atoms with Crippen molar-refractivity contribution in [1.82, 2.24) is 5.32 Å². The lowest BCUT2D eigenvalue weighted by molar-refractivity contribution is 0.660. The molecule has 0 radical (unpaired) electrons. The Morgan fingerprint density at radius 1 is 1.07 bits per heavy atom. The lowest BCUT2D eigenvalue weighted by Crippen LogP contribution is -2.17. The molecule has 1 N–H and O–H groups in total. The van der Waals surface area contributed by atoms with Gasteiger partial charge in [-0.15, -0.1) is 11.8 Å². The van der Waals surface area contributed by atoms with Gasteiger partial charge in [-0.2, -0.15) is 0 Å². The number of thioether (sulfide) groups is 1. The van der Waals surface area contributed by atoms with E-state index >= 15 is 0 Å². The Hall–Kier alpha value is -1.93. The summed E-state index contributed by atoms with van der Waals surface area (Å²) in [5.41, 5.74) is 6.70. The van der Waals surface area contributed by atoms with Gasteiger partial charge in [0.15, 0.2) is 0 Å². The third-order valence-corrected chi connectivity index (χ3v) is 6.49. The molecule has 0 bridgehead atoms. The van der Waals surface area contributed by atoms with E-state index in [-0.39, 0.29) is 0 Å². The second-order valence-electron chi connectivity index (χ2n) is 7.91. The average Bonchev–Trinajstić information content (AvgIpc) is 2.72. The third-order valence-electron chi connectivity index (χ3n) is 5.30. The van der Waals surface area contributed by atoms with Crippen LogP contribution in [0.5, 0.6) is 0 Å². The third kappa shape index (κ3) is 5.54. The summed E-state index contributed by atoms with van der Waals surface area (Å²) < 4.78 is 0. The maximum absolute atomic E-state index is 3.71. The highest BCUT2D eigenvalue weighted by Gasteiger charge is 2.13. The van der Waals surface area contributed by atoms with Crippen molar-refractivity contribution < 1.29 is 0 Å². The van der Waals surface area contributed by atoms with E-state index in [1.54, 1.807) is 0 Å². The maximum Gasteiger partial charge on any atom is 0.0485 e. The van der Waals surface area contributed by atoms with Gasteiger partial charge in [-0.3, -0.25) is 0 Å². The summed E-state index contributed by atoms with van der Waals surface area (Å²) in [5.74, 6) is 1.82. The van der Waals surface area contributed by atoms with Crippen LogP contribution >= 0.6 is 11.8 Å². The summed E-state index contributed by atoms with van der Waals surface area (Å²) in [6.07, 6.45) is 10.2. The van der Waals surface area contributed by atoms with Gasteiger partial charge in [-0.05, 0) is 72.3 Å². The molecule has 1 heterocycles. The first-order valence-corrected chi connectivity index (χ1v) is 11.6. The van der Waals surface area contributed by atoms with E-state index in [0.717, 1.165) is 6.42 Å². The number of benzene rings is 2. The number of hydrogen-bond donors (Lipinski definition) is 1. The summed E-state index contributed by atoms with van der Waals surface area (Å²) in [4.78, 5) is 1.47. The second-order valence-corrected chi connectivity index (χ2v) is 9.04. The quantitative estimate of drug-likeness (QED) is 0.490. The zero-order chi connectivity index (χ0) is 19.9. The molecule has 1 aliphatic heterocycles. The molecule has 0 saturated carbocycles. The van der Waals surface area contributed by atoms with Gasteiger partial charge in [0.25, 0.3) is 0 Å². The molecule has 28 heavy (non-hydrogen) atoms. The fourth-order valence-electron chi connectivity index (χ4n) is 3.53. The molecule has 0 aromatic heterocycles. The highest BCUT2D eigenvalue weighted by molar-refractivity contribution is 7.99. The molecule has 0 spiro atoms. The van der Waals surface area contributed by atoms with Crippen molar-refractivity contribution in [1.29, 1.82) is 0 Å². The highest BCUT2D eigenvalue weighted by Crippen LogP contribution is 2.32. The largest absolute Gasteiger partial charge is 0.379 e. The lowest BCUT2D eigenvalue weighted by Gasteiger charge is -2.21. The van der Waals surface area contributed by atoms with Crippen LogP contribution in [-0.4, -0.2) is 5.75 Å². The van der Waals surface area contributed by atoms with E-state index in [1.807, 2.05) is 11.8 Å². The van der Waals surface area contributed by atoms with Crippen LogP contribution in [0.2, 0.25) is 0 Å². The molecule has 0 amide bonds. The maximum atomic E-state index is 3.71. The van der Waals surface area contributed by atoms with Crippen molar-refractivity contribution in [2.75, 3.05) is 5.75 Å². The fourth-order valence-corrected chi connectivity index (χ4v) is 4.62. The SMILES string of the molecule is CC/C=C(\C=C\c1ccc(C(C)C)cc1)NC(C)c1ccc2c(c1)SCCC2. The van der Waals surface area contributed by atoms with Crippen LogP contribution in [0.3, 0.4) is 0 Å². The lowest BCUT2D eigenvalue weighted by atomic mass is 10.0. The molecular formula is C26H33NS. The van der Waals surface area contributed by atoms with Crippen molar-refractivity contribution >= 4 is 17.8 Å². The zero-order valence-corrected chi connectivity index (χ0v) is 18.5. The molecule has 0 fully saturated rings. The Morgan fingerprint density at radius 3 is 2.54 bits per heavy atom. The van der Waals surface area contributed by atoms with E-state index in [0.29, 0.717) is 12.0 Å². The number of rotatable bonds is 7. The summed E-state index contributed by atoms with van der Waals surface area (Å²) in [7, 11) is 0. The Bertz CT molecular complexity index is 830. The minimum absolute atomic E-state index is 0.290. The Morgan fingerprint density at radius 2 is 1.82 bits per heavy atom. The van der Waals surface area contributed by atoms with Crippen molar-refractivity contribution in [3.63, 3.8) is 0 Å². The number of hydrogen-bond acceptors (Lipinski definition) is 2. The Kier molecular flexibility index (Phi) is 7.44. The van der Waals surface area contributed by atoms with Gasteiger partial charge >= 0.3 is 0 Å². The van der Waals surface area contributed by atoms with Crippen molar-refractivity contribution in [3.8, 4) is 0 Å². The van der Waals surface area contributed by atoms with Crippen LogP contribution in [0, 0.1) is 0 Å². The summed E-state index contributed by atoms with van der Waals surface area (Å²) >= 11 is 2.00.